The number of nitrogens with zero attached hydrogens (tertiary/aromatic N) is 2. The van der Waals surface area contributed by atoms with Crippen LogP contribution in [0.1, 0.15) is 17.3 Å². The molecule has 2 heterocycles. The normalized spacial score (nSPS) is 17.5. The SMILES string of the molecule is Brc1ccc2c(c1)C1Nc3ccccc3N1C(c1ccccc1)=N2. The van der Waals surface area contributed by atoms with Gasteiger partial charge in [-0.05, 0) is 30.3 Å². The van der Waals surface area contributed by atoms with Crippen LogP contribution in [0.2, 0.25) is 0 Å². The Hall–Kier alpha value is -2.59. The van der Waals surface area contributed by atoms with Gasteiger partial charge >= 0.3 is 0 Å². The number of para-hydroxylation sites is 2. The summed E-state index contributed by atoms with van der Waals surface area (Å²) < 4.78 is 1.07. The fraction of sp³-hybridized carbons (Fsp3) is 0.0500. The van der Waals surface area contributed by atoms with Crippen LogP contribution < -0.4 is 10.2 Å². The first-order valence-electron chi connectivity index (χ1n) is 7.90. The number of hydrogen-bond acceptors (Lipinski definition) is 3. The molecule has 1 N–H and O–H groups in total. The first-order valence-corrected chi connectivity index (χ1v) is 8.69. The van der Waals surface area contributed by atoms with Gasteiger partial charge in [0, 0.05) is 15.6 Å². The molecule has 0 saturated heterocycles. The van der Waals surface area contributed by atoms with Gasteiger partial charge in [-0.3, -0.25) is 4.90 Å². The standard InChI is InChI=1S/C20H14BrN3/c21-14-10-11-16-15(12-14)20-23-17-8-4-5-9-18(17)24(20)19(22-16)13-6-2-1-3-7-13/h1-12,20,23H. The minimum atomic E-state index is 0.0580. The number of nitrogens with one attached hydrogen (secondary N) is 1. The van der Waals surface area contributed by atoms with Crippen molar-refractivity contribution in [2.24, 2.45) is 4.99 Å². The predicted octanol–water partition coefficient (Wildman–Crippen LogP) is 5.47. The van der Waals surface area contributed by atoms with Crippen LogP contribution in [0, 0.1) is 0 Å². The molecular formula is C20H14BrN3. The summed E-state index contributed by atoms with van der Waals surface area (Å²) in [5.74, 6) is 0.980. The highest BCUT2D eigenvalue weighted by molar-refractivity contribution is 9.10. The second-order valence-electron chi connectivity index (χ2n) is 5.94. The quantitative estimate of drug-likeness (QED) is 0.610. The van der Waals surface area contributed by atoms with Crippen LogP contribution in [0.3, 0.4) is 0 Å². The van der Waals surface area contributed by atoms with Gasteiger partial charge < -0.3 is 5.32 Å². The fourth-order valence-electron chi connectivity index (χ4n) is 3.41. The Kier molecular flexibility index (Phi) is 3.00. The number of amidine groups is 1. The molecule has 4 heteroatoms. The van der Waals surface area contributed by atoms with E-state index in [0.717, 1.165) is 32.9 Å². The molecule has 5 rings (SSSR count). The molecule has 1 atom stereocenters. The number of benzene rings is 3. The zero-order valence-electron chi connectivity index (χ0n) is 12.8. The van der Waals surface area contributed by atoms with E-state index in [1.807, 2.05) is 12.1 Å². The Bertz CT molecular complexity index is 966. The van der Waals surface area contributed by atoms with Gasteiger partial charge in [-0.15, -0.1) is 0 Å². The van der Waals surface area contributed by atoms with Crippen molar-refractivity contribution < 1.29 is 0 Å². The van der Waals surface area contributed by atoms with Crippen molar-refractivity contribution in [2.75, 3.05) is 10.2 Å². The predicted molar refractivity (Wildman–Crippen MR) is 102 cm³/mol. The molecule has 0 aromatic heterocycles. The maximum atomic E-state index is 4.98. The summed E-state index contributed by atoms with van der Waals surface area (Å²) in [5, 5.41) is 3.64. The van der Waals surface area contributed by atoms with Crippen LogP contribution in [-0.2, 0) is 0 Å². The van der Waals surface area contributed by atoms with Gasteiger partial charge in [0.05, 0.1) is 17.1 Å². The first kappa shape index (κ1) is 13.8. The lowest BCUT2D eigenvalue weighted by Gasteiger charge is -2.33. The highest BCUT2D eigenvalue weighted by Crippen LogP contribution is 2.47. The van der Waals surface area contributed by atoms with Gasteiger partial charge in [0.2, 0.25) is 0 Å². The van der Waals surface area contributed by atoms with Crippen molar-refractivity contribution in [3.8, 4) is 0 Å². The molecule has 3 aromatic rings. The summed E-state index contributed by atoms with van der Waals surface area (Å²) in [6.45, 7) is 0. The molecule has 3 aromatic carbocycles. The number of rotatable bonds is 1. The maximum absolute atomic E-state index is 4.98. The monoisotopic (exact) mass is 375 g/mol. The van der Waals surface area contributed by atoms with E-state index in [-0.39, 0.29) is 6.17 Å². The van der Waals surface area contributed by atoms with Crippen molar-refractivity contribution in [3.05, 3.63) is 88.4 Å². The average molecular weight is 376 g/mol. The highest BCUT2D eigenvalue weighted by Gasteiger charge is 2.37. The topological polar surface area (TPSA) is 27.6 Å². The number of halogens is 1. The Labute approximate surface area is 148 Å². The molecular weight excluding hydrogens is 362 g/mol. The molecule has 0 spiro atoms. The molecule has 0 amide bonds. The summed E-state index contributed by atoms with van der Waals surface area (Å²) in [4.78, 5) is 7.27. The van der Waals surface area contributed by atoms with Crippen molar-refractivity contribution in [3.63, 3.8) is 0 Å². The first-order chi connectivity index (χ1) is 11.8. The molecule has 1 unspecified atom stereocenters. The Morgan fingerprint density at radius 3 is 2.58 bits per heavy atom. The summed E-state index contributed by atoms with van der Waals surface area (Å²) >= 11 is 3.59. The maximum Gasteiger partial charge on any atom is 0.143 e. The van der Waals surface area contributed by atoms with Gasteiger partial charge in [0.1, 0.15) is 12.0 Å². The molecule has 3 nitrogen and oxygen atoms in total. The average Bonchev–Trinajstić information content (AvgIpc) is 3.02. The number of fused-ring (bicyclic) bond motifs is 5. The third-order valence-electron chi connectivity index (χ3n) is 4.48. The lowest BCUT2D eigenvalue weighted by molar-refractivity contribution is 0.831. The zero-order valence-corrected chi connectivity index (χ0v) is 14.4. The van der Waals surface area contributed by atoms with E-state index in [1.54, 1.807) is 0 Å². The third-order valence-corrected chi connectivity index (χ3v) is 4.98. The van der Waals surface area contributed by atoms with E-state index in [2.05, 4.69) is 86.8 Å². The number of hydrogen-bond donors (Lipinski definition) is 1. The third kappa shape index (κ3) is 2.00. The Balaban J connectivity index is 1.77. The minimum Gasteiger partial charge on any atom is -0.359 e. The molecule has 0 radical (unpaired) electrons. The van der Waals surface area contributed by atoms with E-state index in [4.69, 9.17) is 4.99 Å². The van der Waals surface area contributed by atoms with Gasteiger partial charge in [-0.2, -0.15) is 0 Å². The molecule has 0 saturated carbocycles. The van der Waals surface area contributed by atoms with Crippen molar-refractivity contribution in [1.82, 2.24) is 0 Å². The molecule has 2 aliphatic heterocycles. The Morgan fingerprint density at radius 1 is 0.917 bits per heavy atom. The van der Waals surface area contributed by atoms with E-state index in [0.29, 0.717) is 0 Å². The number of anilines is 2. The van der Waals surface area contributed by atoms with Crippen LogP contribution in [0.25, 0.3) is 0 Å². The lowest BCUT2D eigenvalue weighted by atomic mass is 10.0. The minimum absolute atomic E-state index is 0.0580. The van der Waals surface area contributed by atoms with Crippen molar-refractivity contribution in [1.29, 1.82) is 0 Å². The van der Waals surface area contributed by atoms with Gasteiger partial charge in [0.25, 0.3) is 0 Å². The van der Waals surface area contributed by atoms with Crippen molar-refractivity contribution in [2.45, 2.75) is 6.17 Å². The van der Waals surface area contributed by atoms with E-state index in [1.165, 1.54) is 5.56 Å². The zero-order chi connectivity index (χ0) is 16.1. The van der Waals surface area contributed by atoms with Crippen LogP contribution in [0.15, 0.2) is 82.3 Å². The van der Waals surface area contributed by atoms with Crippen LogP contribution in [-0.4, -0.2) is 5.84 Å². The van der Waals surface area contributed by atoms with Gasteiger partial charge in [-0.1, -0.05) is 58.4 Å². The van der Waals surface area contributed by atoms with E-state index >= 15 is 0 Å². The van der Waals surface area contributed by atoms with Gasteiger partial charge in [0.15, 0.2) is 0 Å². The largest absolute Gasteiger partial charge is 0.359 e. The molecule has 0 aliphatic carbocycles. The van der Waals surface area contributed by atoms with Crippen LogP contribution in [0.5, 0.6) is 0 Å². The van der Waals surface area contributed by atoms with Gasteiger partial charge in [-0.25, -0.2) is 4.99 Å². The lowest BCUT2D eigenvalue weighted by Crippen LogP contribution is -2.37. The molecule has 2 aliphatic rings. The van der Waals surface area contributed by atoms with E-state index in [9.17, 15) is 0 Å². The smallest absolute Gasteiger partial charge is 0.143 e. The molecule has 116 valence electrons. The van der Waals surface area contributed by atoms with Crippen LogP contribution in [0.4, 0.5) is 17.1 Å². The summed E-state index contributed by atoms with van der Waals surface area (Å²) in [6.07, 6.45) is 0.0580. The summed E-state index contributed by atoms with van der Waals surface area (Å²) in [7, 11) is 0. The second kappa shape index (κ2) is 5.21. The van der Waals surface area contributed by atoms with Crippen LogP contribution >= 0.6 is 15.9 Å². The fourth-order valence-corrected chi connectivity index (χ4v) is 3.79. The molecule has 0 fully saturated rings. The van der Waals surface area contributed by atoms with Crippen molar-refractivity contribution >= 4 is 38.8 Å². The highest BCUT2D eigenvalue weighted by atomic mass is 79.9. The summed E-state index contributed by atoms with van der Waals surface area (Å²) in [6, 6.07) is 25.0. The summed E-state index contributed by atoms with van der Waals surface area (Å²) in [5.41, 5.74) is 5.61. The Morgan fingerprint density at radius 2 is 1.71 bits per heavy atom. The van der Waals surface area contributed by atoms with E-state index < -0.39 is 0 Å². The number of aliphatic imine (C=N–C) groups is 1. The molecule has 24 heavy (non-hydrogen) atoms. The second-order valence-corrected chi connectivity index (χ2v) is 6.85. The molecule has 0 bridgehead atoms.